The smallest absolute Gasteiger partial charge is 0.164 e. The Morgan fingerprint density at radius 2 is 1.85 bits per heavy atom. The molecule has 1 saturated heterocycles. The van der Waals surface area contributed by atoms with E-state index in [1.807, 2.05) is 38.1 Å². The van der Waals surface area contributed by atoms with Crippen LogP contribution in [-0.4, -0.2) is 48.2 Å². The lowest BCUT2D eigenvalue weighted by molar-refractivity contribution is -0.0849. The van der Waals surface area contributed by atoms with Gasteiger partial charge in [-0.3, -0.25) is 0 Å². The van der Waals surface area contributed by atoms with Crippen molar-refractivity contribution >= 4 is 11.0 Å². The van der Waals surface area contributed by atoms with Crippen LogP contribution in [0.5, 0.6) is 0 Å². The Morgan fingerprint density at radius 3 is 2.62 bits per heavy atom. The number of rotatable bonds is 3. The van der Waals surface area contributed by atoms with E-state index in [2.05, 4.69) is 9.97 Å². The molecule has 5 atom stereocenters. The van der Waals surface area contributed by atoms with Crippen molar-refractivity contribution in [3.05, 3.63) is 59.7 Å². The Morgan fingerprint density at radius 1 is 1.08 bits per heavy atom. The quantitative estimate of drug-likeness (QED) is 0.657. The Hall–Kier alpha value is -2.32. The highest BCUT2D eigenvalue weighted by molar-refractivity contribution is 5.78. The second kappa shape index (κ2) is 6.44. The molecular formula is C19H21N3O4. The first-order chi connectivity index (χ1) is 12.5. The van der Waals surface area contributed by atoms with E-state index < -0.39 is 30.6 Å². The number of hydrogen-bond acceptors (Lipinski definition) is 6. The third kappa shape index (κ3) is 2.60. The molecule has 4 rings (SSSR count). The number of aliphatic hydroxyl groups is 3. The first-order valence-electron chi connectivity index (χ1n) is 8.52. The Bertz CT molecular complexity index is 941. The topological polar surface area (TPSA) is 101 Å². The van der Waals surface area contributed by atoms with Crippen LogP contribution in [0.15, 0.2) is 42.9 Å². The standard InChI is InChI=1S/C19H21N3O4/c1-10-5-3-4-6-12(10)14(23)17-15(24)16(25)19(26-17)22-8-7-13-11(2)20-9-21-18(13)22/h3-9,14-17,19,23-25H,1-2H3. The summed E-state index contributed by atoms with van der Waals surface area (Å²) in [6.45, 7) is 3.76. The van der Waals surface area contributed by atoms with Gasteiger partial charge in [-0.2, -0.15) is 0 Å². The van der Waals surface area contributed by atoms with Crippen LogP contribution in [0.25, 0.3) is 11.0 Å². The number of nitrogens with zero attached hydrogens (tertiary/aromatic N) is 3. The normalized spacial score (nSPS) is 27.1. The van der Waals surface area contributed by atoms with Crippen LogP contribution in [0.4, 0.5) is 0 Å². The van der Waals surface area contributed by atoms with E-state index >= 15 is 0 Å². The zero-order valence-corrected chi connectivity index (χ0v) is 14.5. The molecule has 3 heterocycles. The highest BCUT2D eigenvalue weighted by atomic mass is 16.6. The average molecular weight is 355 g/mol. The van der Waals surface area contributed by atoms with E-state index in [-0.39, 0.29) is 0 Å². The minimum Gasteiger partial charge on any atom is -0.387 e. The van der Waals surface area contributed by atoms with E-state index in [0.29, 0.717) is 11.2 Å². The fraction of sp³-hybridized carbons (Fsp3) is 0.368. The van der Waals surface area contributed by atoms with Gasteiger partial charge in [-0.15, -0.1) is 0 Å². The van der Waals surface area contributed by atoms with Gasteiger partial charge >= 0.3 is 0 Å². The molecule has 7 heteroatoms. The third-order valence-corrected chi connectivity index (χ3v) is 5.08. The summed E-state index contributed by atoms with van der Waals surface area (Å²) < 4.78 is 7.57. The molecule has 2 aromatic heterocycles. The van der Waals surface area contributed by atoms with Gasteiger partial charge in [0.25, 0.3) is 0 Å². The summed E-state index contributed by atoms with van der Waals surface area (Å²) in [6.07, 6.45) is -2.07. The zero-order valence-electron chi connectivity index (χ0n) is 14.5. The van der Waals surface area contributed by atoms with E-state index in [1.165, 1.54) is 6.33 Å². The molecule has 0 bridgehead atoms. The van der Waals surface area contributed by atoms with Gasteiger partial charge in [0.15, 0.2) is 6.23 Å². The number of aliphatic hydroxyl groups excluding tert-OH is 3. The third-order valence-electron chi connectivity index (χ3n) is 5.08. The summed E-state index contributed by atoms with van der Waals surface area (Å²) in [4.78, 5) is 8.42. The maximum absolute atomic E-state index is 10.7. The summed E-state index contributed by atoms with van der Waals surface area (Å²) >= 11 is 0. The lowest BCUT2D eigenvalue weighted by atomic mass is 9.96. The molecule has 0 radical (unpaired) electrons. The van der Waals surface area contributed by atoms with Gasteiger partial charge in [0, 0.05) is 11.6 Å². The average Bonchev–Trinajstić information content (AvgIpc) is 3.18. The molecular weight excluding hydrogens is 334 g/mol. The van der Waals surface area contributed by atoms with Gasteiger partial charge in [-0.1, -0.05) is 24.3 Å². The van der Waals surface area contributed by atoms with Crippen molar-refractivity contribution in [2.45, 2.75) is 44.5 Å². The molecule has 0 aliphatic carbocycles. The predicted octanol–water partition coefficient (Wildman–Crippen LogP) is 1.40. The molecule has 5 unspecified atom stereocenters. The number of hydrogen-bond donors (Lipinski definition) is 3. The number of fused-ring (bicyclic) bond motifs is 1. The molecule has 0 amide bonds. The second-order valence-electron chi connectivity index (χ2n) is 6.69. The fourth-order valence-electron chi connectivity index (χ4n) is 3.57. The number of ether oxygens (including phenoxy) is 1. The van der Waals surface area contributed by atoms with Crippen molar-refractivity contribution in [2.75, 3.05) is 0 Å². The van der Waals surface area contributed by atoms with Crippen LogP contribution < -0.4 is 0 Å². The minimum atomic E-state index is -1.23. The van der Waals surface area contributed by atoms with Crippen LogP contribution in [0.3, 0.4) is 0 Å². The summed E-state index contributed by atoms with van der Waals surface area (Å²) in [5.74, 6) is 0. The first kappa shape index (κ1) is 17.1. The molecule has 3 N–H and O–H groups in total. The highest BCUT2D eigenvalue weighted by Gasteiger charge is 2.47. The first-order valence-corrected chi connectivity index (χ1v) is 8.52. The van der Waals surface area contributed by atoms with Crippen LogP contribution >= 0.6 is 0 Å². The van der Waals surface area contributed by atoms with E-state index in [1.54, 1.807) is 16.8 Å². The molecule has 1 aliphatic rings. The van der Waals surface area contributed by atoms with Crippen LogP contribution in [-0.2, 0) is 4.74 Å². The maximum atomic E-state index is 10.7. The zero-order chi connectivity index (χ0) is 18.4. The van der Waals surface area contributed by atoms with Crippen molar-refractivity contribution in [2.24, 2.45) is 0 Å². The number of benzene rings is 1. The molecule has 1 fully saturated rings. The lowest BCUT2D eigenvalue weighted by Crippen LogP contribution is -2.35. The van der Waals surface area contributed by atoms with Gasteiger partial charge in [0.05, 0.1) is 5.69 Å². The Balaban J connectivity index is 1.68. The molecule has 3 aromatic rings. The van der Waals surface area contributed by atoms with Crippen LogP contribution in [0.2, 0.25) is 0 Å². The Labute approximate surface area is 150 Å². The predicted molar refractivity (Wildman–Crippen MR) is 94.3 cm³/mol. The van der Waals surface area contributed by atoms with Crippen molar-refractivity contribution < 1.29 is 20.1 Å². The van der Waals surface area contributed by atoms with E-state index in [4.69, 9.17) is 4.74 Å². The highest BCUT2D eigenvalue weighted by Crippen LogP contribution is 2.38. The SMILES string of the molecule is Cc1ccccc1C(O)C1OC(n2ccc3c(C)ncnc32)C(O)C1O. The Kier molecular flexibility index (Phi) is 4.24. The lowest BCUT2D eigenvalue weighted by Gasteiger charge is -2.22. The van der Waals surface area contributed by atoms with Crippen molar-refractivity contribution in [3.63, 3.8) is 0 Å². The van der Waals surface area contributed by atoms with Crippen molar-refractivity contribution in [1.29, 1.82) is 0 Å². The van der Waals surface area contributed by atoms with Crippen molar-refractivity contribution in [1.82, 2.24) is 14.5 Å². The molecule has 136 valence electrons. The number of aryl methyl sites for hydroxylation is 2. The molecule has 26 heavy (non-hydrogen) atoms. The minimum absolute atomic E-state index is 0.611. The van der Waals surface area contributed by atoms with E-state index in [9.17, 15) is 15.3 Å². The molecule has 1 aromatic carbocycles. The summed E-state index contributed by atoms with van der Waals surface area (Å²) in [6, 6.07) is 9.21. The summed E-state index contributed by atoms with van der Waals surface area (Å²) in [5, 5.41) is 32.6. The maximum Gasteiger partial charge on any atom is 0.164 e. The number of aromatic nitrogens is 3. The molecule has 1 aliphatic heterocycles. The summed E-state index contributed by atoms with van der Waals surface area (Å²) in [5.41, 5.74) is 2.99. The second-order valence-corrected chi connectivity index (χ2v) is 6.69. The molecule has 0 spiro atoms. The summed E-state index contributed by atoms with van der Waals surface area (Å²) in [7, 11) is 0. The van der Waals surface area contributed by atoms with E-state index in [0.717, 1.165) is 16.6 Å². The molecule has 0 saturated carbocycles. The van der Waals surface area contributed by atoms with Gasteiger partial charge in [-0.05, 0) is 31.0 Å². The monoisotopic (exact) mass is 355 g/mol. The van der Waals surface area contributed by atoms with Gasteiger partial charge in [0.1, 0.15) is 36.4 Å². The van der Waals surface area contributed by atoms with Crippen molar-refractivity contribution in [3.8, 4) is 0 Å². The fourth-order valence-corrected chi connectivity index (χ4v) is 3.57. The van der Waals surface area contributed by atoms with Gasteiger partial charge in [0.2, 0.25) is 0 Å². The largest absolute Gasteiger partial charge is 0.387 e. The van der Waals surface area contributed by atoms with Gasteiger partial charge < -0.3 is 24.6 Å². The molecule has 7 nitrogen and oxygen atoms in total. The van der Waals surface area contributed by atoms with Crippen LogP contribution in [0, 0.1) is 13.8 Å². The van der Waals surface area contributed by atoms with Gasteiger partial charge in [-0.25, -0.2) is 9.97 Å². The van der Waals surface area contributed by atoms with Crippen LogP contribution in [0.1, 0.15) is 29.2 Å².